The van der Waals surface area contributed by atoms with Crippen molar-refractivity contribution in [1.29, 1.82) is 0 Å². The summed E-state index contributed by atoms with van der Waals surface area (Å²) in [5.74, 6) is 1.04. The molecule has 1 aliphatic heterocycles. The fourth-order valence-electron chi connectivity index (χ4n) is 4.69. The Labute approximate surface area is 165 Å². The van der Waals surface area contributed by atoms with Gasteiger partial charge in [0.1, 0.15) is 0 Å². The van der Waals surface area contributed by atoms with Crippen LogP contribution in [0.15, 0.2) is 54.7 Å². The van der Waals surface area contributed by atoms with Gasteiger partial charge in [-0.25, -0.2) is 9.97 Å². The van der Waals surface area contributed by atoms with Crippen LogP contribution in [0.1, 0.15) is 52.0 Å². The maximum absolute atomic E-state index is 12.8. The van der Waals surface area contributed by atoms with Crippen molar-refractivity contribution in [3.05, 3.63) is 82.7 Å². The van der Waals surface area contributed by atoms with Gasteiger partial charge >= 0.3 is 0 Å². The predicted octanol–water partition coefficient (Wildman–Crippen LogP) is 4.78. The van der Waals surface area contributed by atoms with E-state index in [1.807, 2.05) is 6.07 Å². The smallest absolute Gasteiger partial charge is 0.230 e. The number of hydrogen-bond acceptors (Lipinski definition) is 4. The molecule has 2 aromatic carbocycles. The third-order valence-corrected chi connectivity index (χ3v) is 6.08. The molecule has 1 aromatic heterocycles. The molecule has 0 N–H and O–H groups in total. The molecule has 0 amide bonds. The van der Waals surface area contributed by atoms with Gasteiger partial charge in [-0.05, 0) is 55.4 Å². The topological polar surface area (TPSA) is 46.1 Å². The molecule has 3 aromatic rings. The number of ketones is 1. The molecule has 28 heavy (non-hydrogen) atoms. The zero-order valence-corrected chi connectivity index (χ0v) is 16.2. The molecule has 0 unspecified atom stereocenters. The number of hydrogen-bond donors (Lipinski definition) is 0. The van der Waals surface area contributed by atoms with E-state index in [2.05, 4.69) is 66.2 Å². The molecule has 2 atom stereocenters. The van der Waals surface area contributed by atoms with Gasteiger partial charge in [0.15, 0.2) is 5.78 Å². The number of anilines is 2. The Kier molecular flexibility index (Phi) is 4.00. The van der Waals surface area contributed by atoms with E-state index in [1.165, 1.54) is 22.4 Å². The third kappa shape index (κ3) is 2.71. The number of Topliss-reactive ketones (excluding diaryl/α,β-unsaturated/α-hetero) is 1. The highest BCUT2D eigenvalue weighted by Gasteiger charge is 2.32. The van der Waals surface area contributed by atoms with Crippen LogP contribution in [0, 0.1) is 6.92 Å². The fraction of sp³-hybridized carbons (Fsp3) is 0.292. The number of rotatable bonds is 2. The minimum atomic E-state index is 0.149. The van der Waals surface area contributed by atoms with Crippen LogP contribution in [0.2, 0.25) is 0 Å². The van der Waals surface area contributed by atoms with Crippen LogP contribution in [0.25, 0.3) is 0 Å². The van der Waals surface area contributed by atoms with E-state index in [-0.39, 0.29) is 11.7 Å². The summed E-state index contributed by atoms with van der Waals surface area (Å²) in [5, 5.41) is 0. The molecular formula is C24H23N3O. The zero-order valence-electron chi connectivity index (χ0n) is 16.2. The van der Waals surface area contributed by atoms with E-state index in [0.29, 0.717) is 24.0 Å². The van der Waals surface area contributed by atoms with Crippen LogP contribution in [-0.4, -0.2) is 21.8 Å². The fourth-order valence-corrected chi connectivity index (χ4v) is 4.69. The van der Waals surface area contributed by atoms with Crippen LogP contribution >= 0.6 is 0 Å². The molecule has 0 spiro atoms. The average Bonchev–Trinajstić information content (AvgIpc) is 3.03. The van der Waals surface area contributed by atoms with E-state index in [1.54, 1.807) is 6.20 Å². The maximum atomic E-state index is 12.8. The van der Waals surface area contributed by atoms with E-state index < -0.39 is 0 Å². The first-order valence-corrected chi connectivity index (χ1v) is 9.93. The SMILES string of the molecule is Cc1ccccc1[C@@H]1CC(=O)c2cnc(N3c4ccccc4C[C@@H]3C)nc2C1. The summed E-state index contributed by atoms with van der Waals surface area (Å²) in [4.78, 5) is 24.5. The highest BCUT2D eigenvalue weighted by atomic mass is 16.1. The summed E-state index contributed by atoms with van der Waals surface area (Å²) >= 11 is 0. The number of carbonyl (C=O) groups is 1. The van der Waals surface area contributed by atoms with Crippen molar-refractivity contribution >= 4 is 17.4 Å². The number of para-hydroxylation sites is 1. The number of fused-ring (bicyclic) bond motifs is 2. The Balaban J connectivity index is 1.53. The van der Waals surface area contributed by atoms with Crippen molar-refractivity contribution in [1.82, 2.24) is 9.97 Å². The summed E-state index contributed by atoms with van der Waals surface area (Å²) in [6.07, 6.45) is 4.04. The number of nitrogens with zero attached hydrogens (tertiary/aromatic N) is 3. The molecule has 5 rings (SSSR count). The molecular weight excluding hydrogens is 346 g/mol. The predicted molar refractivity (Wildman–Crippen MR) is 110 cm³/mol. The van der Waals surface area contributed by atoms with Crippen LogP contribution in [0.3, 0.4) is 0 Å². The lowest BCUT2D eigenvalue weighted by Crippen LogP contribution is -2.28. The van der Waals surface area contributed by atoms with Gasteiger partial charge in [0.05, 0.1) is 11.3 Å². The molecule has 4 heteroatoms. The van der Waals surface area contributed by atoms with Crippen molar-refractivity contribution in [2.24, 2.45) is 0 Å². The Morgan fingerprint density at radius 1 is 1.00 bits per heavy atom. The van der Waals surface area contributed by atoms with Gasteiger partial charge in [-0.15, -0.1) is 0 Å². The maximum Gasteiger partial charge on any atom is 0.230 e. The lowest BCUT2D eigenvalue weighted by molar-refractivity contribution is 0.0962. The molecule has 1 aliphatic carbocycles. The standard InChI is InChI=1S/C24H23N3O/c1-15-7-3-5-9-19(15)18-12-21-20(23(28)13-18)14-25-24(26-21)27-16(2)11-17-8-4-6-10-22(17)27/h3-10,14,16,18H,11-13H2,1-2H3/t16-,18-/m0/s1. The minimum Gasteiger partial charge on any atom is -0.307 e. The van der Waals surface area contributed by atoms with Crippen molar-refractivity contribution in [3.8, 4) is 0 Å². The molecule has 2 aliphatic rings. The first-order chi connectivity index (χ1) is 13.6. The number of benzene rings is 2. The minimum absolute atomic E-state index is 0.149. The second kappa shape index (κ2) is 6.55. The zero-order chi connectivity index (χ0) is 19.3. The molecule has 0 radical (unpaired) electrons. The van der Waals surface area contributed by atoms with Crippen molar-refractivity contribution < 1.29 is 4.79 Å². The summed E-state index contributed by atoms with van der Waals surface area (Å²) in [7, 11) is 0. The molecule has 0 saturated heterocycles. The molecule has 0 saturated carbocycles. The molecule has 0 bridgehead atoms. The van der Waals surface area contributed by atoms with E-state index >= 15 is 0 Å². The first kappa shape index (κ1) is 17.1. The molecule has 140 valence electrons. The van der Waals surface area contributed by atoms with E-state index in [4.69, 9.17) is 4.98 Å². The normalized spacial score (nSPS) is 20.8. The number of aryl methyl sites for hydroxylation is 1. The van der Waals surface area contributed by atoms with Gasteiger partial charge in [0.25, 0.3) is 0 Å². The largest absolute Gasteiger partial charge is 0.307 e. The third-order valence-electron chi connectivity index (χ3n) is 6.08. The monoisotopic (exact) mass is 369 g/mol. The Morgan fingerprint density at radius 3 is 2.64 bits per heavy atom. The van der Waals surface area contributed by atoms with Crippen molar-refractivity contribution in [2.75, 3.05) is 4.90 Å². The van der Waals surface area contributed by atoms with Crippen LogP contribution in [0.5, 0.6) is 0 Å². The van der Waals surface area contributed by atoms with Gasteiger partial charge in [0, 0.05) is 24.3 Å². The van der Waals surface area contributed by atoms with Gasteiger partial charge in [-0.3, -0.25) is 4.79 Å². The van der Waals surface area contributed by atoms with Crippen molar-refractivity contribution in [3.63, 3.8) is 0 Å². The van der Waals surface area contributed by atoms with Gasteiger partial charge in [-0.2, -0.15) is 0 Å². The quantitative estimate of drug-likeness (QED) is 0.652. The Bertz CT molecular complexity index is 1070. The van der Waals surface area contributed by atoms with E-state index in [9.17, 15) is 4.79 Å². The summed E-state index contributed by atoms with van der Waals surface area (Å²) in [5.41, 5.74) is 6.55. The van der Waals surface area contributed by atoms with Crippen LogP contribution in [0.4, 0.5) is 11.6 Å². The van der Waals surface area contributed by atoms with E-state index in [0.717, 1.165) is 18.5 Å². The summed E-state index contributed by atoms with van der Waals surface area (Å²) in [6, 6.07) is 17.1. The van der Waals surface area contributed by atoms with Crippen molar-refractivity contribution in [2.45, 2.75) is 45.1 Å². The van der Waals surface area contributed by atoms with Gasteiger partial charge in [-0.1, -0.05) is 42.5 Å². The molecule has 2 heterocycles. The highest BCUT2D eigenvalue weighted by molar-refractivity contribution is 5.98. The lowest BCUT2D eigenvalue weighted by Gasteiger charge is -2.27. The van der Waals surface area contributed by atoms with Gasteiger partial charge < -0.3 is 4.90 Å². The Hall–Kier alpha value is -3.01. The lowest BCUT2D eigenvalue weighted by atomic mass is 9.81. The summed E-state index contributed by atoms with van der Waals surface area (Å²) < 4.78 is 0. The van der Waals surface area contributed by atoms with Gasteiger partial charge in [0.2, 0.25) is 5.95 Å². The number of carbonyl (C=O) groups excluding carboxylic acids is 1. The Morgan fingerprint density at radius 2 is 1.79 bits per heavy atom. The molecule has 4 nitrogen and oxygen atoms in total. The highest BCUT2D eigenvalue weighted by Crippen LogP contribution is 2.38. The summed E-state index contributed by atoms with van der Waals surface area (Å²) in [6.45, 7) is 4.31. The number of aromatic nitrogens is 2. The second-order valence-corrected chi connectivity index (χ2v) is 7.97. The second-order valence-electron chi connectivity index (χ2n) is 7.97. The first-order valence-electron chi connectivity index (χ1n) is 9.93. The van der Waals surface area contributed by atoms with Crippen LogP contribution in [-0.2, 0) is 12.8 Å². The average molecular weight is 369 g/mol. The molecule has 0 fully saturated rings. The van der Waals surface area contributed by atoms with Crippen LogP contribution < -0.4 is 4.90 Å².